The molecule has 1 aliphatic rings. The molecule has 4 nitrogen and oxygen atoms in total. The Morgan fingerprint density at radius 3 is 2.64 bits per heavy atom. The molecule has 25 heavy (non-hydrogen) atoms. The summed E-state index contributed by atoms with van der Waals surface area (Å²) in [6.45, 7) is 4.88. The van der Waals surface area contributed by atoms with E-state index in [0.29, 0.717) is 19.1 Å². The van der Waals surface area contributed by atoms with Crippen LogP contribution in [0, 0.1) is 5.92 Å². The highest BCUT2D eigenvalue weighted by Gasteiger charge is 2.20. The summed E-state index contributed by atoms with van der Waals surface area (Å²) in [6.07, 6.45) is 2.34. The van der Waals surface area contributed by atoms with Gasteiger partial charge in [-0.1, -0.05) is 37.3 Å². The van der Waals surface area contributed by atoms with Crippen molar-refractivity contribution in [1.82, 2.24) is 4.90 Å². The van der Waals surface area contributed by atoms with Gasteiger partial charge in [0.1, 0.15) is 12.4 Å². The molecule has 3 rings (SSSR count). The Bertz CT molecular complexity index is 670. The Hall–Kier alpha value is -2.49. The number of nitrogens with one attached hydrogen (secondary N) is 1. The number of ether oxygens (including phenoxy) is 1. The van der Waals surface area contributed by atoms with Crippen molar-refractivity contribution in [1.29, 1.82) is 0 Å². The van der Waals surface area contributed by atoms with Gasteiger partial charge in [0.2, 0.25) is 5.91 Å². The predicted octanol–water partition coefficient (Wildman–Crippen LogP) is 3.94. The number of amides is 1. The average molecular weight is 338 g/mol. The maximum absolute atomic E-state index is 12.3. The van der Waals surface area contributed by atoms with Crippen LogP contribution in [0.15, 0.2) is 54.6 Å². The largest absolute Gasteiger partial charge is 0.489 e. The first-order valence-corrected chi connectivity index (χ1v) is 8.99. The minimum atomic E-state index is 0.177. The van der Waals surface area contributed by atoms with Gasteiger partial charge in [-0.15, -0.1) is 0 Å². The van der Waals surface area contributed by atoms with Crippen LogP contribution in [0.4, 0.5) is 5.69 Å². The van der Waals surface area contributed by atoms with Crippen molar-refractivity contribution in [2.75, 3.05) is 25.0 Å². The molecule has 0 aliphatic carbocycles. The predicted molar refractivity (Wildman–Crippen MR) is 101 cm³/mol. The van der Waals surface area contributed by atoms with Crippen LogP contribution in [0.1, 0.15) is 25.3 Å². The molecule has 2 aromatic rings. The van der Waals surface area contributed by atoms with Crippen LogP contribution in [-0.4, -0.2) is 30.4 Å². The minimum absolute atomic E-state index is 0.177. The van der Waals surface area contributed by atoms with E-state index >= 15 is 0 Å². The Morgan fingerprint density at radius 1 is 1.16 bits per heavy atom. The quantitative estimate of drug-likeness (QED) is 0.867. The molecule has 1 saturated heterocycles. The van der Waals surface area contributed by atoms with Crippen molar-refractivity contribution in [3.05, 3.63) is 60.2 Å². The zero-order valence-electron chi connectivity index (χ0n) is 14.8. The number of hydrogen-bond acceptors (Lipinski definition) is 3. The maximum Gasteiger partial charge on any atom is 0.241 e. The molecule has 1 unspecified atom stereocenters. The van der Waals surface area contributed by atoms with E-state index in [1.807, 2.05) is 59.5 Å². The Balaban J connectivity index is 1.45. The third-order valence-corrected chi connectivity index (χ3v) is 4.56. The number of nitrogens with zero attached hydrogens (tertiary/aromatic N) is 1. The van der Waals surface area contributed by atoms with Crippen LogP contribution in [0.2, 0.25) is 0 Å². The van der Waals surface area contributed by atoms with E-state index in [0.717, 1.165) is 36.5 Å². The lowest BCUT2D eigenvalue weighted by molar-refractivity contribution is -0.130. The zero-order chi connectivity index (χ0) is 17.5. The first-order chi connectivity index (χ1) is 12.2. The Labute approximate surface area is 149 Å². The second kappa shape index (κ2) is 8.56. The van der Waals surface area contributed by atoms with Crippen molar-refractivity contribution in [3.63, 3.8) is 0 Å². The van der Waals surface area contributed by atoms with E-state index in [1.165, 1.54) is 6.42 Å². The topological polar surface area (TPSA) is 41.6 Å². The van der Waals surface area contributed by atoms with E-state index in [4.69, 9.17) is 4.74 Å². The van der Waals surface area contributed by atoms with Crippen LogP contribution in [0.5, 0.6) is 5.75 Å². The number of hydrogen-bond donors (Lipinski definition) is 1. The van der Waals surface area contributed by atoms with Crippen LogP contribution < -0.4 is 10.1 Å². The van der Waals surface area contributed by atoms with Crippen LogP contribution >= 0.6 is 0 Å². The molecule has 1 fully saturated rings. The van der Waals surface area contributed by atoms with Gasteiger partial charge < -0.3 is 15.0 Å². The fourth-order valence-electron chi connectivity index (χ4n) is 3.12. The van der Waals surface area contributed by atoms with E-state index < -0.39 is 0 Å². The third kappa shape index (κ3) is 5.24. The Kier molecular flexibility index (Phi) is 5.94. The molecule has 0 spiro atoms. The van der Waals surface area contributed by atoms with Gasteiger partial charge in [0.25, 0.3) is 0 Å². The first-order valence-electron chi connectivity index (χ1n) is 8.99. The van der Waals surface area contributed by atoms with E-state index in [1.54, 1.807) is 0 Å². The smallest absolute Gasteiger partial charge is 0.241 e. The number of carbonyl (C=O) groups is 1. The maximum atomic E-state index is 12.3. The van der Waals surface area contributed by atoms with Crippen LogP contribution in [-0.2, 0) is 11.4 Å². The molecular weight excluding hydrogens is 312 g/mol. The number of likely N-dealkylation sites (tertiary alicyclic amines) is 1. The number of rotatable bonds is 6. The zero-order valence-corrected chi connectivity index (χ0v) is 14.8. The molecule has 0 bridgehead atoms. The van der Waals surface area contributed by atoms with E-state index in [-0.39, 0.29) is 5.91 Å². The molecule has 1 atom stereocenters. The van der Waals surface area contributed by atoms with Gasteiger partial charge >= 0.3 is 0 Å². The van der Waals surface area contributed by atoms with Gasteiger partial charge in [-0.2, -0.15) is 0 Å². The molecule has 2 aromatic carbocycles. The summed E-state index contributed by atoms with van der Waals surface area (Å²) in [5.74, 6) is 1.61. The molecule has 1 heterocycles. The van der Waals surface area contributed by atoms with E-state index in [9.17, 15) is 4.79 Å². The lowest BCUT2D eigenvalue weighted by Crippen LogP contribution is -2.41. The lowest BCUT2D eigenvalue weighted by atomic mass is 10.0. The highest BCUT2D eigenvalue weighted by Crippen LogP contribution is 2.18. The van der Waals surface area contributed by atoms with Gasteiger partial charge in [-0.3, -0.25) is 4.79 Å². The standard InChI is InChI=1S/C21H26N2O2/c1-17-6-5-13-23(15-17)21(24)14-22-19-9-11-20(12-10-19)25-16-18-7-3-2-4-8-18/h2-4,7-12,17,22H,5-6,13-16H2,1H3. The molecule has 4 heteroatoms. The number of anilines is 1. The fourth-order valence-corrected chi connectivity index (χ4v) is 3.12. The molecule has 132 valence electrons. The molecular formula is C21H26N2O2. The summed E-state index contributed by atoms with van der Waals surface area (Å²) in [4.78, 5) is 14.3. The molecule has 1 N–H and O–H groups in total. The van der Waals surface area contributed by atoms with Crippen molar-refractivity contribution >= 4 is 11.6 Å². The number of piperidine rings is 1. The second-order valence-electron chi connectivity index (χ2n) is 6.74. The highest BCUT2D eigenvalue weighted by atomic mass is 16.5. The highest BCUT2D eigenvalue weighted by molar-refractivity contribution is 5.81. The SMILES string of the molecule is CC1CCCN(C(=O)CNc2ccc(OCc3ccccc3)cc2)C1. The summed E-state index contributed by atoms with van der Waals surface area (Å²) in [7, 11) is 0. The minimum Gasteiger partial charge on any atom is -0.489 e. The third-order valence-electron chi connectivity index (χ3n) is 4.56. The second-order valence-corrected chi connectivity index (χ2v) is 6.74. The monoisotopic (exact) mass is 338 g/mol. The normalized spacial score (nSPS) is 17.2. The van der Waals surface area contributed by atoms with Crippen molar-refractivity contribution in [3.8, 4) is 5.75 Å². The van der Waals surface area contributed by atoms with Gasteiger partial charge in [0, 0.05) is 18.8 Å². The van der Waals surface area contributed by atoms with Gasteiger partial charge in [0.05, 0.1) is 6.54 Å². The van der Waals surface area contributed by atoms with Crippen molar-refractivity contribution in [2.45, 2.75) is 26.4 Å². The average Bonchev–Trinajstić information content (AvgIpc) is 2.66. The molecule has 1 amide bonds. The molecule has 1 aliphatic heterocycles. The molecule has 0 aromatic heterocycles. The summed E-state index contributed by atoms with van der Waals surface area (Å²) >= 11 is 0. The summed E-state index contributed by atoms with van der Waals surface area (Å²) in [5.41, 5.74) is 2.08. The summed E-state index contributed by atoms with van der Waals surface area (Å²) in [6, 6.07) is 17.9. The lowest BCUT2D eigenvalue weighted by Gasteiger charge is -2.31. The molecule has 0 saturated carbocycles. The Morgan fingerprint density at radius 2 is 1.92 bits per heavy atom. The van der Waals surface area contributed by atoms with Crippen LogP contribution in [0.25, 0.3) is 0 Å². The first kappa shape index (κ1) is 17.3. The van der Waals surface area contributed by atoms with Gasteiger partial charge in [-0.05, 0) is 48.6 Å². The van der Waals surface area contributed by atoms with E-state index in [2.05, 4.69) is 12.2 Å². The van der Waals surface area contributed by atoms with Crippen LogP contribution in [0.3, 0.4) is 0 Å². The van der Waals surface area contributed by atoms with Gasteiger partial charge in [-0.25, -0.2) is 0 Å². The fraction of sp³-hybridized carbons (Fsp3) is 0.381. The number of benzene rings is 2. The van der Waals surface area contributed by atoms with Gasteiger partial charge in [0.15, 0.2) is 0 Å². The number of carbonyl (C=O) groups excluding carboxylic acids is 1. The molecule has 0 radical (unpaired) electrons. The summed E-state index contributed by atoms with van der Waals surface area (Å²) < 4.78 is 5.78. The van der Waals surface area contributed by atoms with Crippen molar-refractivity contribution < 1.29 is 9.53 Å². The van der Waals surface area contributed by atoms with Crippen molar-refractivity contribution in [2.24, 2.45) is 5.92 Å². The summed E-state index contributed by atoms with van der Waals surface area (Å²) in [5, 5.41) is 3.21.